The van der Waals surface area contributed by atoms with Gasteiger partial charge in [0.05, 0.1) is 30.0 Å². The van der Waals surface area contributed by atoms with Crippen molar-refractivity contribution < 1.29 is 27.4 Å². The van der Waals surface area contributed by atoms with E-state index in [2.05, 4.69) is 15.6 Å². The van der Waals surface area contributed by atoms with E-state index in [9.17, 15) is 18.0 Å². The summed E-state index contributed by atoms with van der Waals surface area (Å²) in [7, 11) is 2.86. The molecule has 7 nitrogen and oxygen atoms in total. The van der Waals surface area contributed by atoms with Crippen molar-refractivity contribution in [1.82, 2.24) is 10.3 Å². The predicted molar refractivity (Wildman–Crippen MR) is 126 cm³/mol. The zero-order valence-corrected chi connectivity index (χ0v) is 19.4. The average Bonchev–Trinajstić information content (AvgIpc) is 2.86. The first kappa shape index (κ1) is 25.5. The number of aromatic nitrogens is 1. The van der Waals surface area contributed by atoms with E-state index >= 15 is 0 Å². The van der Waals surface area contributed by atoms with Crippen LogP contribution in [0, 0.1) is 5.41 Å². The monoisotopic (exact) mass is 486 g/mol. The normalized spacial score (nSPS) is 11.9. The molecular formula is C25H25F3N4O3. The molecule has 0 saturated carbocycles. The van der Waals surface area contributed by atoms with Crippen LogP contribution in [0.25, 0.3) is 0 Å². The molecule has 0 spiro atoms. The molecule has 0 bridgehead atoms. The zero-order valence-electron chi connectivity index (χ0n) is 19.4. The van der Waals surface area contributed by atoms with E-state index < -0.39 is 35.7 Å². The molecule has 0 aliphatic carbocycles. The van der Waals surface area contributed by atoms with Crippen LogP contribution in [0.4, 0.5) is 19.0 Å². The minimum Gasteiger partial charge on any atom is -0.497 e. The Bertz CT molecular complexity index is 1180. The van der Waals surface area contributed by atoms with Crippen LogP contribution in [0.5, 0.6) is 11.6 Å². The number of alkyl halides is 3. The molecule has 1 amide bonds. The summed E-state index contributed by atoms with van der Waals surface area (Å²) < 4.78 is 52.3. The molecule has 184 valence electrons. The van der Waals surface area contributed by atoms with Crippen molar-refractivity contribution >= 4 is 17.4 Å². The van der Waals surface area contributed by atoms with Gasteiger partial charge in [-0.1, -0.05) is 30.3 Å². The van der Waals surface area contributed by atoms with Gasteiger partial charge in [-0.2, -0.15) is 18.2 Å². The van der Waals surface area contributed by atoms with Crippen LogP contribution in [-0.2, 0) is 11.0 Å². The quantitative estimate of drug-likeness (QED) is 0.377. The molecule has 1 aromatic heterocycles. The standard InChI is InChI=1S/C25H25F3N4O3/c1-15(16-7-5-4-6-8-16)31-20(33)14-35-21-13-19(25(26,27)28)22(24(30-2)32-21)23(29)17-9-11-18(34-3)12-10-17/h4-13,15,29H,14H2,1-3H3,(H,30,32)(H,31,33)/t15-/m0/s1. The van der Waals surface area contributed by atoms with E-state index in [0.29, 0.717) is 11.8 Å². The molecule has 0 aliphatic heterocycles. The molecule has 3 rings (SSSR count). The smallest absolute Gasteiger partial charge is 0.417 e. The van der Waals surface area contributed by atoms with Crippen molar-refractivity contribution in [3.05, 3.63) is 82.9 Å². The maximum atomic E-state index is 14.0. The molecule has 0 unspecified atom stereocenters. The van der Waals surface area contributed by atoms with E-state index in [1.807, 2.05) is 30.3 Å². The summed E-state index contributed by atoms with van der Waals surface area (Å²) in [6, 6.07) is 15.7. The zero-order chi connectivity index (χ0) is 25.6. The predicted octanol–water partition coefficient (Wildman–Crippen LogP) is 4.82. The number of nitrogens with one attached hydrogen (secondary N) is 3. The number of amides is 1. The molecule has 10 heteroatoms. The lowest BCUT2D eigenvalue weighted by Gasteiger charge is -2.19. The third kappa shape index (κ3) is 6.28. The van der Waals surface area contributed by atoms with E-state index in [1.165, 1.54) is 26.3 Å². The fourth-order valence-corrected chi connectivity index (χ4v) is 3.40. The number of anilines is 1. The highest BCUT2D eigenvalue weighted by molar-refractivity contribution is 6.14. The molecule has 0 saturated heterocycles. The van der Waals surface area contributed by atoms with E-state index in [1.54, 1.807) is 19.1 Å². The number of benzene rings is 2. The third-order valence-corrected chi connectivity index (χ3v) is 5.20. The number of hydrogen-bond acceptors (Lipinski definition) is 6. The molecule has 0 radical (unpaired) electrons. The molecule has 35 heavy (non-hydrogen) atoms. The SMILES string of the molecule is CNc1nc(OCC(=O)N[C@@H](C)c2ccccc2)cc(C(F)(F)F)c1C(=N)c1ccc(OC)cc1. The van der Waals surface area contributed by atoms with E-state index in [0.717, 1.165) is 5.56 Å². The minimum atomic E-state index is -4.80. The summed E-state index contributed by atoms with van der Waals surface area (Å²) in [4.78, 5) is 16.4. The highest BCUT2D eigenvalue weighted by Gasteiger charge is 2.37. The Morgan fingerprint density at radius 1 is 1.11 bits per heavy atom. The Kier molecular flexibility index (Phi) is 7.95. The van der Waals surface area contributed by atoms with Gasteiger partial charge < -0.3 is 20.1 Å². The van der Waals surface area contributed by atoms with Crippen LogP contribution in [0.1, 0.15) is 35.2 Å². The number of carbonyl (C=O) groups excluding carboxylic acids is 1. The van der Waals surface area contributed by atoms with Crippen LogP contribution in [-0.4, -0.2) is 37.4 Å². The first-order chi connectivity index (χ1) is 16.6. The summed E-state index contributed by atoms with van der Waals surface area (Å²) in [5.74, 6) is -0.602. The van der Waals surface area contributed by atoms with Gasteiger partial charge >= 0.3 is 6.18 Å². The number of nitrogens with zero attached hydrogens (tertiary/aromatic N) is 1. The molecular weight excluding hydrogens is 461 g/mol. The Morgan fingerprint density at radius 2 is 1.77 bits per heavy atom. The van der Waals surface area contributed by atoms with Crippen LogP contribution in [0.3, 0.4) is 0 Å². The Morgan fingerprint density at radius 3 is 2.34 bits per heavy atom. The first-order valence-electron chi connectivity index (χ1n) is 10.6. The number of rotatable bonds is 9. The molecule has 1 atom stereocenters. The second kappa shape index (κ2) is 10.9. The summed E-state index contributed by atoms with van der Waals surface area (Å²) >= 11 is 0. The maximum Gasteiger partial charge on any atom is 0.417 e. The third-order valence-electron chi connectivity index (χ3n) is 5.20. The number of ether oxygens (including phenoxy) is 2. The Balaban J connectivity index is 1.84. The second-order valence-corrected chi connectivity index (χ2v) is 7.57. The van der Waals surface area contributed by atoms with Crippen LogP contribution < -0.4 is 20.1 Å². The lowest BCUT2D eigenvalue weighted by molar-refractivity contribution is -0.137. The summed E-state index contributed by atoms with van der Waals surface area (Å²) in [5.41, 5.74) is -0.794. The number of carbonyl (C=O) groups is 1. The van der Waals surface area contributed by atoms with Crippen LogP contribution in [0.15, 0.2) is 60.7 Å². The van der Waals surface area contributed by atoms with Gasteiger partial charge in [0.1, 0.15) is 11.6 Å². The molecule has 1 heterocycles. The second-order valence-electron chi connectivity index (χ2n) is 7.57. The minimum absolute atomic E-state index is 0.200. The van der Waals surface area contributed by atoms with Crippen molar-refractivity contribution in [2.45, 2.75) is 19.1 Å². The lowest BCUT2D eigenvalue weighted by Crippen LogP contribution is -2.31. The summed E-state index contributed by atoms with van der Waals surface area (Å²) in [6.07, 6.45) is -4.80. The average molecular weight is 486 g/mol. The Hall–Kier alpha value is -4.08. The summed E-state index contributed by atoms with van der Waals surface area (Å²) in [6.45, 7) is 1.26. The topological polar surface area (TPSA) is 96.3 Å². The van der Waals surface area contributed by atoms with Gasteiger partial charge in [0.2, 0.25) is 5.88 Å². The van der Waals surface area contributed by atoms with Gasteiger partial charge in [-0.3, -0.25) is 10.2 Å². The fourth-order valence-electron chi connectivity index (χ4n) is 3.40. The number of methoxy groups -OCH3 is 1. The van der Waals surface area contributed by atoms with Crippen molar-refractivity contribution in [3.63, 3.8) is 0 Å². The highest BCUT2D eigenvalue weighted by atomic mass is 19.4. The molecule has 3 N–H and O–H groups in total. The van der Waals surface area contributed by atoms with Crippen LogP contribution >= 0.6 is 0 Å². The highest BCUT2D eigenvalue weighted by Crippen LogP contribution is 2.38. The van der Waals surface area contributed by atoms with Gasteiger partial charge in [0, 0.05) is 18.7 Å². The van der Waals surface area contributed by atoms with Gasteiger partial charge in [-0.25, -0.2) is 0 Å². The van der Waals surface area contributed by atoms with Gasteiger partial charge in [0.15, 0.2) is 6.61 Å². The number of pyridine rings is 1. The van der Waals surface area contributed by atoms with E-state index in [-0.39, 0.29) is 23.1 Å². The fraction of sp³-hybridized carbons (Fsp3) is 0.240. The summed E-state index contributed by atoms with van der Waals surface area (Å²) in [5, 5.41) is 13.8. The number of halogens is 3. The molecule has 0 aliphatic rings. The van der Waals surface area contributed by atoms with Gasteiger partial charge in [-0.05, 0) is 36.8 Å². The van der Waals surface area contributed by atoms with Gasteiger partial charge in [0.25, 0.3) is 5.91 Å². The lowest BCUT2D eigenvalue weighted by atomic mass is 9.97. The number of hydrogen-bond donors (Lipinski definition) is 3. The largest absolute Gasteiger partial charge is 0.497 e. The molecule has 0 fully saturated rings. The molecule has 2 aromatic carbocycles. The first-order valence-corrected chi connectivity index (χ1v) is 10.6. The molecule has 3 aromatic rings. The van der Waals surface area contributed by atoms with Crippen molar-refractivity contribution in [1.29, 1.82) is 5.41 Å². The van der Waals surface area contributed by atoms with E-state index in [4.69, 9.17) is 14.9 Å². The van der Waals surface area contributed by atoms with Crippen molar-refractivity contribution in [2.75, 3.05) is 26.1 Å². The Labute approximate surface area is 200 Å². The van der Waals surface area contributed by atoms with Crippen molar-refractivity contribution in [2.24, 2.45) is 0 Å². The maximum absolute atomic E-state index is 14.0. The van der Waals surface area contributed by atoms with Crippen molar-refractivity contribution in [3.8, 4) is 11.6 Å². The van der Waals surface area contributed by atoms with Gasteiger partial charge in [-0.15, -0.1) is 0 Å². The van der Waals surface area contributed by atoms with Crippen LogP contribution in [0.2, 0.25) is 0 Å².